The molecule has 100 valence electrons. The molecule has 1 aromatic heterocycles. The quantitative estimate of drug-likeness (QED) is 0.755. The van der Waals surface area contributed by atoms with E-state index in [0.29, 0.717) is 10.9 Å². The van der Waals surface area contributed by atoms with E-state index in [1.54, 1.807) is 0 Å². The van der Waals surface area contributed by atoms with Crippen LogP contribution in [0.25, 0.3) is 0 Å². The molecule has 0 N–H and O–H groups in total. The highest BCUT2D eigenvalue weighted by molar-refractivity contribution is 6.32. The van der Waals surface area contributed by atoms with Crippen LogP contribution < -0.4 is 4.90 Å². The number of halogens is 2. The zero-order valence-corrected chi connectivity index (χ0v) is 12.3. The predicted octanol–water partition coefficient (Wildman–Crippen LogP) is 4.50. The molecule has 0 radical (unpaired) electrons. The zero-order chi connectivity index (χ0) is 13.7. The molecule has 0 saturated heterocycles. The van der Waals surface area contributed by atoms with Gasteiger partial charge in [-0.15, -0.1) is 11.6 Å². The minimum Gasteiger partial charge on any atom is -0.366 e. The van der Waals surface area contributed by atoms with Gasteiger partial charge in [-0.1, -0.05) is 23.7 Å². The van der Waals surface area contributed by atoms with E-state index < -0.39 is 0 Å². The molecular weight excluding hydrogens is 279 g/mol. The van der Waals surface area contributed by atoms with Crippen molar-refractivity contribution in [1.29, 1.82) is 0 Å². The highest BCUT2D eigenvalue weighted by atomic mass is 35.5. The standard InChI is InChI=1S/C15H16Cl2N2/c1-2-19(11-12-6-3-4-9-18-12)15-8-5-7-14(17)13(15)10-16/h3-9H,2,10-11H2,1H3. The predicted molar refractivity (Wildman–Crippen MR) is 82.0 cm³/mol. The number of nitrogens with zero attached hydrogens (tertiary/aromatic N) is 2. The summed E-state index contributed by atoms with van der Waals surface area (Å²) in [7, 11) is 0. The summed E-state index contributed by atoms with van der Waals surface area (Å²) >= 11 is 12.2. The Morgan fingerprint density at radius 3 is 2.63 bits per heavy atom. The van der Waals surface area contributed by atoms with Crippen LogP contribution in [0.4, 0.5) is 5.69 Å². The number of anilines is 1. The van der Waals surface area contributed by atoms with E-state index in [0.717, 1.165) is 30.0 Å². The van der Waals surface area contributed by atoms with Crippen LogP contribution in [0.15, 0.2) is 42.6 Å². The first-order valence-electron chi connectivity index (χ1n) is 6.24. The van der Waals surface area contributed by atoms with Gasteiger partial charge in [0.15, 0.2) is 0 Å². The third-order valence-electron chi connectivity index (χ3n) is 3.03. The minimum absolute atomic E-state index is 0.410. The van der Waals surface area contributed by atoms with Gasteiger partial charge < -0.3 is 4.90 Å². The van der Waals surface area contributed by atoms with Gasteiger partial charge in [0.1, 0.15) is 0 Å². The normalized spacial score (nSPS) is 10.5. The van der Waals surface area contributed by atoms with E-state index in [2.05, 4.69) is 22.9 Å². The van der Waals surface area contributed by atoms with E-state index >= 15 is 0 Å². The molecule has 0 spiro atoms. The van der Waals surface area contributed by atoms with Gasteiger partial charge in [-0.25, -0.2) is 0 Å². The molecule has 2 rings (SSSR count). The van der Waals surface area contributed by atoms with E-state index in [9.17, 15) is 0 Å². The fourth-order valence-electron chi connectivity index (χ4n) is 2.03. The Morgan fingerprint density at radius 1 is 1.16 bits per heavy atom. The number of aromatic nitrogens is 1. The van der Waals surface area contributed by atoms with Gasteiger partial charge in [0.05, 0.1) is 18.1 Å². The van der Waals surface area contributed by atoms with Crippen LogP contribution in [0.5, 0.6) is 0 Å². The fraction of sp³-hybridized carbons (Fsp3) is 0.267. The maximum Gasteiger partial charge on any atom is 0.0602 e. The van der Waals surface area contributed by atoms with Crippen LogP contribution in [0, 0.1) is 0 Å². The van der Waals surface area contributed by atoms with Crippen molar-refractivity contribution in [2.75, 3.05) is 11.4 Å². The van der Waals surface area contributed by atoms with Crippen molar-refractivity contribution < 1.29 is 0 Å². The van der Waals surface area contributed by atoms with Crippen molar-refractivity contribution in [1.82, 2.24) is 4.98 Å². The molecule has 0 saturated carbocycles. The van der Waals surface area contributed by atoms with Crippen molar-refractivity contribution in [2.24, 2.45) is 0 Å². The lowest BCUT2D eigenvalue weighted by Crippen LogP contribution is -2.23. The minimum atomic E-state index is 0.410. The molecule has 19 heavy (non-hydrogen) atoms. The maximum atomic E-state index is 6.21. The molecule has 2 aromatic rings. The molecule has 0 aliphatic heterocycles. The van der Waals surface area contributed by atoms with Gasteiger partial charge in [0.25, 0.3) is 0 Å². The Kier molecular flexibility index (Phi) is 5.06. The van der Waals surface area contributed by atoms with E-state index in [-0.39, 0.29) is 0 Å². The Bertz CT molecular complexity index is 529. The van der Waals surface area contributed by atoms with Gasteiger partial charge in [-0.05, 0) is 31.2 Å². The largest absolute Gasteiger partial charge is 0.366 e. The van der Waals surface area contributed by atoms with Gasteiger partial charge in [-0.2, -0.15) is 0 Å². The number of hydrogen-bond donors (Lipinski definition) is 0. The van der Waals surface area contributed by atoms with E-state index in [4.69, 9.17) is 23.2 Å². The molecule has 0 aliphatic carbocycles. The molecule has 0 atom stereocenters. The Morgan fingerprint density at radius 2 is 2.00 bits per heavy atom. The molecule has 0 unspecified atom stereocenters. The van der Waals surface area contributed by atoms with Gasteiger partial charge in [0, 0.05) is 29.0 Å². The van der Waals surface area contributed by atoms with Crippen molar-refractivity contribution >= 4 is 28.9 Å². The molecule has 4 heteroatoms. The summed E-state index contributed by atoms with van der Waals surface area (Å²) in [6, 6.07) is 11.8. The van der Waals surface area contributed by atoms with Crippen LogP contribution in [0.3, 0.4) is 0 Å². The second kappa shape index (κ2) is 6.78. The van der Waals surface area contributed by atoms with E-state index in [1.165, 1.54) is 0 Å². The molecule has 0 bridgehead atoms. The van der Waals surface area contributed by atoms with Crippen molar-refractivity contribution in [3.63, 3.8) is 0 Å². The van der Waals surface area contributed by atoms with Crippen LogP contribution in [-0.4, -0.2) is 11.5 Å². The first-order valence-corrected chi connectivity index (χ1v) is 7.15. The molecule has 1 heterocycles. The Balaban J connectivity index is 2.30. The lowest BCUT2D eigenvalue weighted by atomic mass is 10.1. The van der Waals surface area contributed by atoms with Crippen molar-refractivity contribution in [3.05, 3.63) is 58.9 Å². The first-order chi connectivity index (χ1) is 9.26. The summed E-state index contributed by atoms with van der Waals surface area (Å²) < 4.78 is 0. The first kappa shape index (κ1) is 14.2. The molecule has 1 aromatic carbocycles. The van der Waals surface area contributed by atoms with Crippen molar-refractivity contribution in [2.45, 2.75) is 19.3 Å². The summed E-state index contributed by atoms with van der Waals surface area (Å²) in [4.78, 5) is 6.59. The third kappa shape index (κ3) is 3.40. The molecule has 0 amide bonds. The number of benzene rings is 1. The summed E-state index contributed by atoms with van der Waals surface area (Å²) in [5.74, 6) is 0.410. The van der Waals surface area contributed by atoms with Crippen LogP contribution in [-0.2, 0) is 12.4 Å². The van der Waals surface area contributed by atoms with Gasteiger partial charge >= 0.3 is 0 Å². The molecule has 2 nitrogen and oxygen atoms in total. The number of pyridine rings is 1. The monoisotopic (exact) mass is 294 g/mol. The van der Waals surface area contributed by atoms with Crippen molar-refractivity contribution in [3.8, 4) is 0 Å². The summed E-state index contributed by atoms with van der Waals surface area (Å²) in [5.41, 5.74) is 3.09. The summed E-state index contributed by atoms with van der Waals surface area (Å²) in [6.07, 6.45) is 1.81. The second-order valence-corrected chi connectivity index (χ2v) is 4.88. The number of hydrogen-bond acceptors (Lipinski definition) is 2. The number of alkyl halides is 1. The SMILES string of the molecule is CCN(Cc1ccccn1)c1cccc(Cl)c1CCl. The Hall–Kier alpha value is -1.25. The number of rotatable bonds is 5. The summed E-state index contributed by atoms with van der Waals surface area (Å²) in [6.45, 7) is 3.74. The average molecular weight is 295 g/mol. The highest BCUT2D eigenvalue weighted by Crippen LogP contribution is 2.29. The topological polar surface area (TPSA) is 16.1 Å². The van der Waals surface area contributed by atoms with Gasteiger partial charge in [-0.3, -0.25) is 4.98 Å². The Labute approximate surface area is 124 Å². The maximum absolute atomic E-state index is 6.21. The summed E-state index contributed by atoms with van der Waals surface area (Å²) in [5, 5.41) is 0.715. The average Bonchev–Trinajstić information content (AvgIpc) is 2.45. The van der Waals surface area contributed by atoms with Crippen LogP contribution >= 0.6 is 23.2 Å². The lowest BCUT2D eigenvalue weighted by Gasteiger charge is -2.25. The smallest absolute Gasteiger partial charge is 0.0602 e. The molecule has 0 aliphatic rings. The van der Waals surface area contributed by atoms with Crippen LogP contribution in [0.2, 0.25) is 5.02 Å². The lowest BCUT2D eigenvalue weighted by molar-refractivity contribution is 0.806. The zero-order valence-electron chi connectivity index (χ0n) is 10.8. The van der Waals surface area contributed by atoms with Crippen LogP contribution in [0.1, 0.15) is 18.2 Å². The third-order valence-corrected chi connectivity index (χ3v) is 3.65. The molecule has 0 fully saturated rings. The van der Waals surface area contributed by atoms with E-state index in [1.807, 2.05) is 36.5 Å². The molecular formula is C15H16Cl2N2. The second-order valence-electron chi connectivity index (χ2n) is 4.21. The highest BCUT2D eigenvalue weighted by Gasteiger charge is 2.12. The van der Waals surface area contributed by atoms with Gasteiger partial charge in [0.2, 0.25) is 0 Å². The fourth-order valence-corrected chi connectivity index (χ4v) is 2.62.